The molecule has 1 saturated carbocycles. The van der Waals surface area contributed by atoms with Gasteiger partial charge in [0.2, 0.25) is 11.7 Å². The highest BCUT2D eigenvalue weighted by molar-refractivity contribution is 8.00. The molecule has 3 aromatic rings. The molecule has 0 unspecified atom stereocenters. The van der Waals surface area contributed by atoms with Crippen LogP contribution in [-0.2, 0) is 4.79 Å². The summed E-state index contributed by atoms with van der Waals surface area (Å²) >= 11 is 1.41. The van der Waals surface area contributed by atoms with Crippen LogP contribution in [0.15, 0.2) is 52.2 Å². The molecule has 0 bridgehead atoms. The van der Waals surface area contributed by atoms with Crippen molar-refractivity contribution in [2.45, 2.75) is 68.4 Å². The van der Waals surface area contributed by atoms with Crippen LogP contribution in [0.3, 0.4) is 0 Å². The SMILES string of the molecule is C[C@H](NC(=O)[C@@H](C)Sc1nnc(-c2ccco2)n1C1CCCCC1)c1ccc(F)cc1. The molecule has 0 spiro atoms. The zero-order valence-corrected chi connectivity index (χ0v) is 18.6. The van der Waals surface area contributed by atoms with E-state index in [1.54, 1.807) is 18.4 Å². The number of carbonyl (C=O) groups is 1. The van der Waals surface area contributed by atoms with Crippen molar-refractivity contribution in [1.82, 2.24) is 20.1 Å². The number of benzene rings is 1. The summed E-state index contributed by atoms with van der Waals surface area (Å²) in [6, 6.07) is 10.00. The fraction of sp³-hybridized carbons (Fsp3) is 0.435. The minimum absolute atomic E-state index is 0.0976. The second kappa shape index (κ2) is 9.68. The third kappa shape index (κ3) is 5.01. The Labute approximate surface area is 185 Å². The summed E-state index contributed by atoms with van der Waals surface area (Å²) in [6.07, 6.45) is 7.38. The number of thioether (sulfide) groups is 1. The van der Waals surface area contributed by atoms with Crippen LogP contribution in [0.5, 0.6) is 0 Å². The van der Waals surface area contributed by atoms with E-state index in [0.717, 1.165) is 23.6 Å². The van der Waals surface area contributed by atoms with Crippen molar-refractivity contribution in [2.75, 3.05) is 0 Å². The van der Waals surface area contributed by atoms with Crippen LogP contribution in [0.4, 0.5) is 4.39 Å². The number of hydrogen-bond donors (Lipinski definition) is 1. The standard InChI is InChI=1S/C23H27FN4O2S/c1-15(17-10-12-18(24)13-11-17)25-22(29)16(2)31-23-27-26-21(20-9-6-14-30-20)28(23)19-7-4-3-5-8-19/h6,9-16,19H,3-5,7-8H2,1-2H3,(H,25,29)/t15-,16+/m0/s1. The van der Waals surface area contributed by atoms with E-state index < -0.39 is 0 Å². The van der Waals surface area contributed by atoms with Crippen LogP contribution in [0.2, 0.25) is 0 Å². The first-order valence-corrected chi connectivity index (χ1v) is 11.6. The fourth-order valence-corrected chi connectivity index (χ4v) is 4.91. The van der Waals surface area contributed by atoms with Crippen LogP contribution in [0, 0.1) is 5.82 Å². The van der Waals surface area contributed by atoms with Crippen LogP contribution in [0.25, 0.3) is 11.6 Å². The van der Waals surface area contributed by atoms with E-state index in [1.807, 2.05) is 26.0 Å². The zero-order valence-electron chi connectivity index (χ0n) is 17.8. The first kappa shape index (κ1) is 21.6. The Morgan fingerprint density at radius 2 is 1.90 bits per heavy atom. The maximum atomic E-state index is 13.2. The normalized spacial score (nSPS) is 16.7. The van der Waals surface area contributed by atoms with E-state index in [1.165, 1.54) is 43.2 Å². The summed E-state index contributed by atoms with van der Waals surface area (Å²) in [5.41, 5.74) is 0.859. The van der Waals surface area contributed by atoms with Crippen molar-refractivity contribution in [3.63, 3.8) is 0 Å². The molecule has 4 rings (SSSR count). The lowest BCUT2D eigenvalue weighted by Gasteiger charge is -2.25. The second-order valence-electron chi connectivity index (χ2n) is 7.99. The summed E-state index contributed by atoms with van der Waals surface area (Å²) in [5.74, 6) is 1.01. The lowest BCUT2D eigenvalue weighted by atomic mass is 9.95. The van der Waals surface area contributed by atoms with Crippen molar-refractivity contribution in [2.24, 2.45) is 0 Å². The predicted molar refractivity (Wildman–Crippen MR) is 118 cm³/mol. The predicted octanol–water partition coefficient (Wildman–Crippen LogP) is 5.54. The van der Waals surface area contributed by atoms with E-state index in [9.17, 15) is 9.18 Å². The number of carbonyl (C=O) groups excluding carboxylic acids is 1. The average Bonchev–Trinajstić information content (AvgIpc) is 3.44. The van der Waals surface area contributed by atoms with Gasteiger partial charge in [-0.05, 0) is 56.5 Å². The number of furan rings is 1. The van der Waals surface area contributed by atoms with E-state index in [2.05, 4.69) is 20.1 Å². The molecule has 2 heterocycles. The number of amides is 1. The number of nitrogens with zero attached hydrogens (tertiary/aromatic N) is 3. The van der Waals surface area contributed by atoms with Gasteiger partial charge in [0, 0.05) is 6.04 Å². The molecular weight excluding hydrogens is 415 g/mol. The Kier molecular flexibility index (Phi) is 6.75. The maximum Gasteiger partial charge on any atom is 0.233 e. The highest BCUT2D eigenvalue weighted by atomic mass is 32.2. The van der Waals surface area contributed by atoms with E-state index in [0.29, 0.717) is 17.6 Å². The minimum Gasteiger partial charge on any atom is -0.461 e. The van der Waals surface area contributed by atoms with Gasteiger partial charge in [0.05, 0.1) is 17.6 Å². The van der Waals surface area contributed by atoms with Crippen LogP contribution in [-0.4, -0.2) is 25.9 Å². The fourth-order valence-electron chi connectivity index (χ4n) is 3.98. The first-order chi connectivity index (χ1) is 15.0. The largest absolute Gasteiger partial charge is 0.461 e. The van der Waals surface area contributed by atoms with Gasteiger partial charge < -0.3 is 9.73 Å². The summed E-state index contributed by atoms with van der Waals surface area (Å²) in [5, 5.41) is 12.2. The second-order valence-corrected chi connectivity index (χ2v) is 9.30. The zero-order chi connectivity index (χ0) is 21.8. The summed E-state index contributed by atoms with van der Waals surface area (Å²) < 4.78 is 20.9. The number of hydrogen-bond acceptors (Lipinski definition) is 5. The van der Waals surface area contributed by atoms with E-state index >= 15 is 0 Å². The third-order valence-electron chi connectivity index (χ3n) is 5.73. The molecule has 0 radical (unpaired) electrons. The number of aromatic nitrogens is 3. The van der Waals surface area contributed by atoms with Gasteiger partial charge in [0.25, 0.3) is 0 Å². The molecule has 0 aliphatic heterocycles. The van der Waals surface area contributed by atoms with Crippen LogP contribution >= 0.6 is 11.8 Å². The Hall–Kier alpha value is -2.61. The van der Waals surface area contributed by atoms with Gasteiger partial charge in [-0.2, -0.15) is 0 Å². The molecule has 6 nitrogen and oxygen atoms in total. The summed E-state index contributed by atoms with van der Waals surface area (Å²) in [4.78, 5) is 12.8. The Balaban J connectivity index is 1.50. The van der Waals surface area contributed by atoms with Gasteiger partial charge in [-0.15, -0.1) is 10.2 Å². The topological polar surface area (TPSA) is 73.0 Å². The average molecular weight is 443 g/mol. The molecule has 8 heteroatoms. The van der Waals surface area contributed by atoms with E-state index in [4.69, 9.17) is 4.42 Å². The molecule has 164 valence electrons. The molecule has 2 aromatic heterocycles. The Morgan fingerprint density at radius 3 is 2.58 bits per heavy atom. The summed E-state index contributed by atoms with van der Waals surface area (Å²) in [7, 11) is 0. The van der Waals surface area contributed by atoms with Crippen molar-refractivity contribution in [3.8, 4) is 11.6 Å². The number of halogens is 1. The van der Waals surface area contributed by atoms with Gasteiger partial charge >= 0.3 is 0 Å². The highest BCUT2D eigenvalue weighted by Crippen LogP contribution is 2.36. The Morgan fingerprint density at radius 1 is 1.16 bits per heavy atom. The van der Waals surface area contributed by atoms with Gasteiger partial charge in [-0.25, -0.2) is 4.39 Å². The lowest BCUT2D eigenvalue weighted by Crippen LogP contribution is -2.33. The van der Waals surface area contributed by atoms with Crippen LogP contribution in [0.1, 0.15) is 63.6 Å². The molecule has 1 aromatic carbocycles. The van der Waals surface area contributed by atoms with Gasteiger partial charge in [0.15, 0.2) is 10.9 Å². The number of nitrogens with one attached hydrogen (secondary N) is 1. The smallest absolute Gasteiger partial charge is 0.233 e. The van der Waals surface area contributed by atoms with Crippen molar-refractivity contribution in [1.29, 1.82) is 0 Å². The highest BCUT2D eigenvalue weighted by Gasteiger charge is 2.27. The van der Waals surface area contributed by atoms with Crippen molar-refractivity contribution >= 4 is 17.7 Å². The molecule has 2 atom stereocenters. The van der Waals surface area contributed by atoms with Gasteiger partial charge in [-0.3, -0.25) is 9.36 Å². The molecule has 1 aliphatic carbocycles. The number of rotatable bonds is 7. The summed E-state index contributed by atoms with van der Waals surface area (Å²) in [6.45, 7) is 3.76. The van der Waals surface area contributed by atoms with Crippen molar-refractivity contribution < 1.29 is 13.6 Å². The Bertz CT molecular complexity index is 997. The third-order valence-corrected chi connectivity index (χ3v) is 6.78. The molecular formula is C23H27FN4O2S. The van der Waals surface area contributed by atoms with E-state index in [-0.39, 0.29) is 23.0 Å². The van der Waals surface area contributed by atoms with Crippen molar-refractivity contribution in [3.05, 3.63) is 54.0 Å². The maximum absolute atomic E-state index is 13.2. The molecule has 1 N–H and O–H groups in total. The molecule has 1 amide bonds. The molecule has 1 fully saturated rings. The molecule has 1 aliphatic rings. The van der Waals surface area contributed by atoms with Gasteiger partial charge in [-0.1, -0.05) is 43.2 Å². The first-order valence-electron chi connectivity index (χ1n) is 10.7. The van der Waals surface area contributed by atoms with Crippen LogP contribution < -0.4 is 5.32 Å². The monoisotopic (exact) mass is 442 g/mol. The lowest BCUT2D eigenvalue weighted by molar-refractivity contribution is -0.120. The quantitative estimate of drug-likeness (QED) is 0.486. The molecule has 31 heavy (non-hydrogen) atoms. The minimum atomic E-state index is -0.362. The molecule has 0 saturated heterocycles. The van der Waals surface area contributed by atoms with Gasteiger partial charge in [0.1, 0.15) is 5.82 Å².